The normalized spacial score (nSPS) is 17.9. The van der Waals surface area contributed by atoms with Crippen molar-refractivity contribution in [1.29, 1.82) is 0 Å². The molecule has 0 bridgehead atoms. The molecule has 1 aliphatic rings. The molecule has 3 rings (SSSR count). The number of benzene rings is 1. The zero-order chi connectivity index (χ0) is 14.2. The fraction of sp³-hybridized carbons (Fsp3) is 0.533. The Morgan fingerprint density at radius 1 is 1.40 bits per heavy atom. The Kier molecular flexibility index (Phi) is 4.53. The molecule has 0 aliphatic heterocycles. The number of hydrogen-bond donors (Lipinski definition) is 0. The SMILES string of the molecule is CSC1(Cn2c(CCl)nc3cc(I)ccc32)CCCC1. The molecule has 0 unspecified atom stereocenters. The number of nitrogens with zero attached hydrogens (tertiary/aromatic N) is 2. The Hall–Kier alpha value is 0.0600. The van der Waals surface area contributed by atoms with Crippen molar-refractivity contribution in [2.75, 3.05) is 6.26 Å². The maximum Gasteiger partial charge on any atom is 0.124 e. The van der Waals surface area contributed by atoms with Gasteiger partial charge in [-0.2, -0.15) is 11.8 Å². The van der Waals surface area contributed by atoms with Gasteiger partial charge in [-0.25, -0.2) is 4.98 Å². The average Bonchev–Trinajstić information content (AvgIpc) is 3.04. The second-order valence-corrected chi connectivity index (χ2v) is 8.26. The summed E-state index contributed by atoms with van der Waals surface area (Å²) in [5.74, 6) is 1.49. The van der Waals surface area contributed by atoms with E-state index in [4.69, 9.17) is 16.6 Å². The average molecular weight is 421 g/mol. The van der Waals surface area contributed by atoms with Gasteiger partial charge in [0.2, 0.25) is 0 Å². The van der Waals surface area contributed by atoms with Crippen LogP contribution in [0.15, 0.2) is 18.2 Å². The van der Waals surface area contributed by atoms with Crippen LogP contribution < -0.4 is 0 Å². The highest BCUT2D eigenvalue weighted by molar-refractivity contribution is 14.1. The van der Waals surface area contributed by atoms with Crippen molar-refractivity contribution in [3.8, 4) is 0 Å². The largest absolute Gasteiger partial charge is 0.326 e. The number of thioether (sulfide) groups is 1. The van der Waals surface area contributed by atoms with Crippen LogP contribution in [0.3, 0.4) is 0 Å². The fourth-order valence-electron chi connectivity index (χ4n) is 3.17. The van der Waals surface area contributed by atoms with Gasteiger partial charge in [0.1, 0.15) is 5.82 Å². The number of imidazole rings is 1. The Labute approximate surface area is 142 Å². The zero-order valence-corrected chi connectivity index (χ0v) is 15.3. The van der Waals surface area contributed by atoms with Crippen LogP contribution in [0.2, 0.25) is 0 Å². The van der Waals surface area contributed by atoms with Crippen LogP contribution in [0.25, 0.3) is 11.0 Å². The van der Waals surface area contributed by atoms with Gasteiger partial charge in [0.15, 0.2) is 0 Å². The van der Waals surface area contributed by atoms with Crippen molar-refractivity contribution in [3.63, 3.8) is 0 Å². The summed E-state index contributed by atoms with van der Waals surface area (Å²) >= 11 is 10.5. The number of aromatic nitrogens is 2. The number of hydrogen-bond acceptors (Lipinski definition) is 2. The van der Waals surface area contributed by atoms with Crippen LogP contribution >= 0.6 is 46.0 Å². The molecule has 1 aromatic carbocycles. The van der Waals surface area contributed by atoms with Gasteiger partial charge >= 0.3 is 0 Å². The van der Waals surface area contributed by atoms with Crippen molar-refractivity contribution in [2.24, 2.45) is 0 Å². The van der Waals surface area contributed by atoms with Gasteiger partial charge < -0.3 is 4.57 Å². The van der Waals surface area contributed by atoms with Crippen LogP contribution in [-0.2, 0) is 12.4 Å². The van der Waals surface area contributed by atoms with Gasteiger partial charge in [-0.15, -0.1) is 11.6 Å². The van der Waals surface area contributed by atoms with Crippen LogP contribution in [0.5, 0.6) is 0 Å². The molecule has 1 saturated carbocycles. The van der Waals surface area contributed by atoms with E-state index < -0.39 is 0 Å². The van der Waals surface area contributed by atoms with E-state index in [9.17, 15) is 0 Å². The minimum absolute atomic E-state index is 0.372. The van der Waals surface area contributed by atoms with Crippen molar-refractivity contribution >= 4 is 57.0 Å². The molecular weight excluding hydrogens is 403 g/mol. The van der Waals surface area contributed by atoms with Gasteiger partial charge in [-0.3, -0.25) is 0 Å². The summed E-state index contributed by atoms with van der Waals surface area (Å²) in [4.78, 5) is 4.72. The summed E-state index contributed by atoms with van der Waals surface area (Å²) in [6.45, 7) is 1.04. The summed E-state index contributed by atoms with van der Waals surface area (Å²) in [6, 6.07) is 6.48. The second-order valence-electron chi connectivity index (χ2n) is 5.48. The molecule has 1 heterocycles. The monoisotopic (exact) mass is 420 g/mol. The highest BCUT2D eigenvalue weighted by Gasteiger charge is 2.34. The van der Waals surface area contributed by atoms with E-state index in [0.29, 0.717) is 10.6 Å². The Bertz CT molecular complexity index is 620. The van der Waals surface area contributed by atoms with E-state index in [1.54, 1.807) is 0 Å². The van der Waals surface area contributed by atoms with Crippen molar-refractivity contribution < 1.29 is 0 Å². The van der Waals surface area contributed by atoms with Crippen molar-refractivity contribution in [3.05, 3.63) is 27.6 Å². The molecule has 0 N–H and O–H groups in total. The highest BCUT2D eigenvalue weighted by atomic mass is 127. The van der Waals surface area contributed by atoms with E-state index in [2.05, 4.69) is 51.6 Å². The molecule has 2 aromatic rings. The van der Waals surface area contributed by atoms with E-state index in [0.717, 1.165) is 17.9 Å². The lowest BCUT2D eigenvalue weighted by Crippen LogP contribution is -2.27. The molecule has 20 heavy (non-hydrogen) atoms. The summed E-state index contributed by atoms with van der Waals surface area (Å²) in [5, 5.41) is 0. The smallest absolute Gasteiger partial charge is 0.124 e. The van der Waals surface area contributed by atoms with E-state index >= 15 is 0 Å². The van der Waals surface area contributed by atoms with Crippen LogP contribution in [0, 0.1) is 3.57 Å². The number of rotatable bonds is 4. The molecule has 108 valence electrons. The summed E-state index contributed by atoms with van der Waals surface area (Å²) in [6.07, 6.45) is 7.55. The van der Waals surface area contributed by atoms with E-state index in [-0.39, 0.29) is 0 Å². The highest BCUT2D eigenvalue weighted by Crippen LogP contribution is 2.42. The first kappa shape index (κ1) is 15.0. The summed E-state index contributed by atoms with van der Waals surface area (Å²) < 4.78 is 3.94. The molecule has 0 spiro atoms. The number of halogens is 2. The third-order valence-electron chi connectivity index (χ3n) is 4.30. The quantitative estimate of drug-likeness (QED) is 0.508. The molecule has 1 fully saturated rings. The molecule has 0 amide bonds. The number of fused-ring (bicyclic) bond motifs is 1. The molecule has 1 aromatic heterocycles. The van der Waals surface area contributed by atoms with E-state index in [1.807, 2.05) is 11.8 Å². The van der Waals surface area contributed by atoms with Crippen molar-refractivity contribution in [1.82, 2.24) is 9.55 Å². The molecule has 0 atom stereocenters. The lowest BCUT2D eigenvalue weighted by Gasteiger charge is -2.28. The zero-order valence-electron chi connectivity index (χ0n) is 11.5. The fourth-order valence-corrected chi connectivity index (χ4v) is 4.80. The lowest BCUT2D eigenvalue weighted by molar-refractivity contribution is 0.505. The Morgan fingerprint density at radius 2 is 2.15 bits per heavy atom. The number of alkyl halides is 1. The van der Waals surface area contributed by atoms with E-state index in [1.165, 1.54) is 34.8 Å². The molecule has 0 saturated heterocycles. The van der Waals surface area contributed by atoms with Crippen LogP contribution in [0.4, 0.5) is 0 Å². The summed E-state index contributed by atoms with van der Waals surface area (Å²) in [7, 11) is 0. The minimum atomic E-state index is 0.372. The third-order valence-corrected chi connectivity index (χ3v) is 6.62. The predicted octanol–water partition coefficient (Wildman–Crippen LogP) is 5.06. The van der Waals surface area contributed by atoms with Crippen molar-refractivity contribution in [2.45, 2.75) is 42.9 Å². The van der Waals surface area contributed by atoms with Gasteiger partial charge in [-0.05, 0) is 59.9 Å². The lowest BCUT2D eigenvalue weighted by atomic mass is 10.1. The van der Waals surface area contributed by atoms with Crippen LogP contribution in [-0.4, -0.2) is 20.6 Å². The standard InChI is InChI=1S/C15H18ClIN2S/c1-20-15(6-2-3-7-15)10-19-13-5-4-11(17)8-12(13)18-14(19)9-16/h4-5,8H,2-3,6-7,9-10H2,1H3. The van der Waals surface area contributed by atoms with Gasteiger partial charge in [0, 0.05) is 14.9 Å². The van der Waals surface area contributed by atoms with Gasteiger partial charge in [0.05, 0.1) is 16.9 Å². The topological polar surface area (TPSA) is 17.8 Å². The predicted molar refractivity (Wildman–Crippen MR) is 96.7 cm³/mol. The second kappa shape index (κ2) is 6.05. The first-order valence-electron chi connectivity index (χ1n) is 6.93. The Morgan fingerprint density at radius 3 is 2.80 bits per heavy atom. The Balaban J connectivity index is 2.05. The summed E-state index contributed by atoms with van der Waals surface area (Å²) in [5.41, 5.74) is 2.29. The first-order chi connectivity index (χ1) is 9.67. The minimum Gasteiger partial charge on any atom is -0.326 e. The van der Waals surface area contributed by atoms with Gasteiger partial charge in [0.25, 0.3) is 0 Å². The maximum absolute atomic E-state index is 6.13. The third kappa shape index (κ3) is 2.71. The molecule has 1 aliphatic carbocycles. The van der Waals surface area contributed by atoms with Crippen LogP contribution in [0.1, 0.15) is 31.5 Å². The first-order valence-corrected chi connectivity index (χ1v) is 9.77. The molecule has 5 heteroatoms. The van der Waals surface area contributed by atoms with Gasteiger partial charge in [-0.1, -0.05) is 12.8 Å². The molecular formula is C15H18ClIN2S. The molecule has 2 nitrogen and oxygen atoms in total. The molecule has 0 radical (unpaired) electrons. The maximum atomic E-state index is 6.13.